The second-order valence-electron chi connectivity index (χ2n) is 6.69. The van der Waals surface area contributed by atoms with E-state index in [1.165, 1.54) is 6.33 Å². The van der Waals surface area contributed by atoms with Crippen molar-refractivity contribution < 1.29 is 5.11 Å². The number of benzene rings is 1. The summed E-state index contributed by atoms with van der Waals surface area (Å²) in [5.74, 6) is 0.655. The van der Waals surface area contributed by atoms with Crippen molar-refractivity contribution in [1.29, 1.82) is 0 Å². The van der Waals surface area contributed by atoms with E-state index in [1.807, 2.05) is 16.8 Å². The van der Waals surface area contributed by atoms with Crippen molar-refractivity contribution in [2.24, 2.45) is 0 Å². The van der Waals surface area contributed by atoms with Gasteiger partial charge in [-0.05, 0) is 50.2 Å². The first-order chi connectivity index (χ1) is 12.7. The van der Waals surface area contributed by atoms with Gasteiger partial charge in [-0.2, -0.15) is 5.10 Å². The van der Waals surface area contributed by atoms with Crippen LogP contribution in [-0.2, 0) is 0 Å². The van der Waals surface area contributed by atoms with Crippen molar-refractivity contribution in [2.75, 3.05) is 18.8 Å². The molecule has 8 heteroatoms. The zero-order valence-corrected chi connectivity index (χ0v) is 14.1. The van der Waals surface area contributed by atoms with Gasteiger partial charge >= 0.3 is 0 Å². The number of fused-ring (bicyclic) bond motifs is 2. The molecule has 0 saturated carbocycles. The minimum absolute atomic E-state index is 0.232. The number of phenols is 1. The van der Waals surface area contributed by atoms with Crippen LogP contribution >= 0.6 is 0 Å². The number of nitrogen functional groups attached to an aromatic ring is 1. The molecule has 0 amide bonds. The maximum atomic E-state index is 9.72. The van der Waals surface area contributed by atoms with Crippen molar-refractivity contribution in [1.82, 2.24) is 30.0 Å². The Morgan fingerprint density at radius 3 is 2.85 bits per heavy atom. The lowest BCUT2D eigenvalue weighted by molar-refractivity contribution is 0.350. The smallest absolute Gasteiger partial charge is 0.164 e. The second-order valence-corrected chi connectivity index (χ2v) is 6.69. The Labute approximate surface area is 149 Å². The minimum atomic E-state index is 0.232. The SMILES string of the molecule is Nc1ncnc2c1c(-c1cc3cc(O)ccc3[nH]1)nn2C1CCNCC1. The second kappa shape index (κ2) is 5.70. The van der Waals surface area contributed by atoms with Gasteiger partial charge in [0, 0.05) is 10.9 Å². The normalized spacial score (nSPS) is 15.8. The zero-order chi connectivity index (χ0) is 17.7. The van der Waals surface area contributed by atoms with Crippen LogP contribution in [-0.4, -0.2) is 42.9 Å². The molecule has 5 N–H and O–H groups in total. The number of anilines is 1. The number of nitrogens with two attached hydrogens (primary N) is 1. The third-order valence-corrected chi connectivity index (χ3v) is 5.03. The van der Waals surface area contributed by atoms with Crippen molar-refractivity contribution in [2.45, 2.75) is 18.9 Å². The number of aromatic nitrogens is 5. The fourth-order valence-corrected chi connectivity index (χ4v) is 3.74. The molecule has 1 saturated heterocycles. The van der Waals surface area contributed by atoms with Gasteiger partial charge in [0.25, 0.3) is 0 Å². The molecule has 4 heterocycles. The lowest BCUT2D eigenvalue weighted by Gasteiger charge is -2.23. The van der Waals surface area contributed by atoms with Gasteiger partial charge in [-0.3, -0.25) is 0 Å². The Morgan fingerprint density at radius 1 is 1.15 bits per heavy atom. The number of nitrogens with one attached hydrogen (secondary N) is 2. The Morgan fingerprint density at radius 2 is 2.00 bits per heavy atom. The van der Waals surface area contributed by atoms with Gasteiger partial charge in [0.2, 0.25) is 0 Å². The molecule has 0 radical (unpaired) electrons. The Bertz CT molecular complexity index is 1110. The Balaban J connectivity index is 1.73. The molecule has 8 nitrogen and oxygen atoms in total. The molecule has 0 atom stereocenters. The molecule has 5 rings (SSSR count). The fraction of sp³-hybridized carbons (Fsp3) is 0.278. The quantitative estimate of drug-likeness (QED) is 0.441. The van der Waals surface area contributed by atoms with Crippen LogP contribution in [0.3, 0.4) is 0 Å². The maximum Gasteiger partial charge on any atom is 0.164 e. The molecule has 4 aromatic rings. The highest BCUT2D eigenvalue weighted by atomic mass is 16.3. The first kappa shape index (κ1) is 15.2. The van der Waals surface area contributed by atoms with Gasteiger partial charge < -0.3 is 21.1 Å². The van der Waals surface area contributed by atoms with E-state index in [-0.39, 0.29) is 11.8 Å². The van der Waals surface area contributed by atoms with Gasteiger partial charge in [-0.15, -0.1) is 0 Å². The molecular formula is C18H19N7O. The van der Waals surface area contributed by atoms with Crippen LogP contribution in [0.25, 0.3) is 33.3 Å². The van der Waals surface area contributed by atoms with Crippen LogP contribution in [0, 0.1) is 0 Å². The number of nitrogens with zero attached hydrogens (tertiary/aromatic N) is 4. The molecule has 132 valence electrons. The molecular weight excluding hydrogens is 330 g/mol. The summed E-state index contributed by atoms with van der Waals surface area (Å²) >= 11 is 0. The summed E-state index contributed by atoms with van der Waals surface area (Å²) in [6, 6.07) is 7.48. The van der Waals surface area contributed by atoms with E-state index < -0.39 is 0 Å². The summed E-state index contributed by atoms with van der Waals surface area (Å²) in [4.78, 5) is 12.0. The van der Waals surface area contributed by atoms with Crippen LogP contribution < -0.4 is 11.1 Å². The molecule has 1 aliphatic rings. The predicted octanol–water partition coefficient (Wildman–Crippen LogP) is 2.19. The highest BCUT2D eigenvalue weighted by Crippen LogP contribution is 2.34. The number of aromatic hydroxyl groups is 1. The number of piperidine rings is 1. The summed E-state index contributed by atoms with van der Waals surface area (Å²) in [7, 11) is 0. The predicted molar refractivity (Wildman–Crippen MR) is 99.8 cm³/mol. The molecule has 3 aromatic heterocycles. The lowest BCUT2D eigenvalue weighted by Crippen LogP contribution is -2.30. The van der Waals surface area contributed by atoms with Crippen LogP contribution in [0.2, 0.25) is 0 Å². The van der Waals surface area contributed by atoms with E-state index in [0.29, 0.717) is 5.82 Å². The number of rotatable bonds is 2. The van der Waals surface area contributed by atoms with E-state index in [0.717, 1.165) is 59.3 Å². The van der Waals surface area contributed by atoms with Gasteiger partial charge in [-0.25, -0.2) is 14.6 Å². The summed E-state index contributed by atoms with van der Waals surface area (Å²) in [5.41, 5.74) is 9.46. The highest BCUT2D eigenvalue weighted by molar-refractivity contribution is 6.00. The molecule has 1 aliphatic heterocycles. The Hall–Kier alpha value is -3.13. The molecule has 0 bridgehead atoms. The van der Waals surface area contributed by atoms with Crippen molar-refractivity contribution in [3.63, 3.8) is 0 Å². The summed E-state index contributed by atoms with van der Waals surface area (Å²) < 4.78 is 1.99. The standard InChI is InChI=1S/C18H19N7O/c19-17-15-16(14-8-10-7-12(26)1-2-13(10)23-14)24-25(18(15)22-9-21-17)11-3-5-20-6-4-11/h1-2,7-9,11,20,23,26H,3-6H2,(H2,19,21,22). The molecule has 0 aliphatic carbocycles. The molecule has 26 heavy (non-hydrogen) atoms. The number of hydrogen-bond donors (Lipinski definition) is 4. The van der Waals surface area contributed by atoms with E-state index in [1.54, 1.807) is 12.1 Å². The number of aromatic amines is 1. The number of hydrogen-bond acceptors (Lipinski definition) is 6. The molecule has 0 unspecified atom stereocenters. The van der Waals surface area contributed by atoms with E-state index in [4.69, 9.17) is 10.8 Å². The first-order valence-corrected chi connectivity index (χ1v) is 8.72. The zero-order valence-electron chi connectivity index (χ0n) is 14.1. The van der Waals surface area contributed by atoms with Gasteiger partial charge in [0.15, 0.2) is 5.65 Å². The molecule has 0 spiro atoms. The largest absolute Gasteiger partial charge is 0.508 e. The first-order valence-electron chi connectivity index (χ1n) is 8.72. The average Bonchev–Trinajstić information content (AvgIpc) is 3.24. The number of phenolic OH excluding ortho intramolecular Hbond substituents is 1. The van der Waals surface area contributed by atoms with Crippen LogP contribution in [0.4, 0.5) is 5.82 Å². The molecule has 1 aromatic carbocycles. The topological polar surface area (TPSA) is 118 Å². The summed E-state index contributed by atoms with van der Waals surface area (Å²) in [5, 5.41) is 19.7. The average molecular weight is 349 g/mol. The Kier molecular flexibility index (Phi) is 3.32. The number of H-pyrrole nitrogens is 1. The fourth-order valence-electron chi connectivity index (χ4n) is 3.74. The monoisotopic (exact) mass is 349 g/mol. The van der Waals surface area contributed by atoms with Gasteiger partial charge in [0.05, 0.1) is 17.1 Å². The van der Waals surface area contributed by atoms with Gasteiger partial charge in [-0.1, -0.05) is 0 Å². The minimum Gasteiger partial charge on any atom is -0.508 e. The van der Waals surface area contributed by atoms with Crippen LogP contribution in [0.5, 0.6) is 5.75 Å². The maximum absolute atomic E-state index is 9.72. The lowest BCUT2D eigenvalue weighted by atomic mass is 10.1. The van der Waals surface area contributed by atoms with Crippen LogP contribution in [0.1, 0.15) is 18.9 Å². The third kappa shape index (κ3) is 2.30. The summed E-state index contributed by atoms with van der Waals surface area (Å²) in [6.45, 7) is 1.93. The van der Waals surface area contributed by atoms with Gasteiger partial charge in [0.1, 0.15) is 23.6 Å². The van der Waals surface area contributed by atoms with Crippen molar-refractivity contribution in [3.05, 3.63) is 30.6 Å². The van der Waals surface area contributed by atoms with E-state index in [2.05, 4.69) is 20.3 Å². The summed E-state index contributed by atoms with van der Waals surface area (Å²) in [6.07, 6.45) is 3.49. The van der Waals surface area contributed by atoms with Crippen molar-refractivity contribution >= 4 is 27.8 Å². The molecule has 1 fully saturated rings. The van der Waals surface area contributed by atoms with E-state index >= 15 is 0 Å². The van der Waals surface area contributed by atoms with E-state index in [9.17, 15) is 5.11 Å². The van der Waals surface area contributed by atoms with Crippen molar-refractivity contribution in [3.8, 4) is 17.1 Å². The third-order valence-electron chi connectivity index (χ3n) is 5.03. The highest BCUT2D eigenvalue weighted by Gasteiger charge is 2.24. The van der Waals surface area contributed by atoms with Crippen LogP contribution in [0.15, 0.2) is 30.6 Å².